The van der Waals surface area contributed by atoms with Crippen molar-refractivity contribution in [2.75, 3.05) is 10.5 Å². The minimum atomic E-state index is -4.15. The first-order valence-electron chi connectivity index (χ1n) is 4.77. The molecule has 0 saturated heterocycles. The topological polar surface area (TPSA) is 101 Å². The highest BCUT2D eigenvalue weighted by molar-refractivity contribution is 9.10. The first-order valence-corrected chi connectivity index (χ1v) is 7.43. The smallest absolute Gasteiger partial charge is 0.265 e. The molecular formula is C9H7BrClFN4O2S. The number of nitrogens with two attached hydrogens (primary N) is 1. The largest absolute Gasteiger partial charge is 0.395 e. The van der Waals surface area contributed by atoms with Gasteiger partial charge in [-0.3, -0.25) is 9.82 Å². The first kappa shape index (κ1) is 14.1. The Labute approximate surface area is 121 Å². The van der Waals surface area contributed by atoms with Gasteiger partial charge in [-0.1, -0.05) is 11.6 Å². The molecule has 0 amide bonds. The van der Waals surface area contributed by atoms with Crippen molar-refractivity contribution < 1.29 is 12.8 Å². The van der Waals surface area contributed by atoms with E-state index in [1.807, 2.05) is 0 Å². The molecule has 1 heterocycles. The Morgan fingerprint density at radius 2 is 2.21 bits per heavy atom. The molecule has 102 valence electrons. The summed E-state index contributed by atoms with van der Waals surface area (Å²) in [5.41, 5.74) is 5.23. The summed E-state index contributed by atoms with van der Waals surface area (Å²) in [6.45, 7) is 0. The summed E-state index contributed by atoms with van der Waals surface area (Å²) >= 11 is 8.74. The van der Waals surface area contributed by atoms with E-state index in [1.54, 1.807) is 0 Å². The second kappa shape index (κ2) is 4.99. The summed E-state index contributed by atoms with van der Waals surface area (Å²) in [5.74, 6) is -1.08. The standard InChI is InChI=1S/C9H7BrClFN4O2S/c10-7-5(11)1-6(8(12)9(7)13)19(17,18)16-4-2-14-15-3-4/h1-3,16H,13H2,(H,14,15). The van der Waals surface area contributed by atoms with E-state index in [0.717, 1.165) is 6.07 Å². The van der Waals surface area contributed by atoms with Crippen LogP contribution in [0.2, 0.25) is 5.02 Å². The zero-order chi connectivity index (χ0) is 14.2. The molecule has 4 N–H and O–H groups in total. The summed E-state index contributed by atoms with van der Waals surface area (Å²) in [6, 6.07) is 0.972. The van der Waals surface area contributed by atoms with Gasteiger partial charge in [0.15, 0.2) is 5.82 Å². The Hall–Kier alpha value is -1.32. The van der Waals surface area contributed by atoms with Crippen LogP contribution in [0.3, 0.4) is 0 Å². The minimum absolute atomic E-state index is 0.00790. The van der Waals surface area contributed by atoms with E-state index < -0.39 is 20.7 Å². The molecule has 2 aromatic rings. The number of H-pyrrole nitrogens is 1. The molecule has 0 bridgehead atoms. The molecule has 0 fully saturated rings. The maximum Gasteiger partial charge on any atom is 0.265 e. The van der Waals surface area contributed by atoms with Crippen molar-refractivity contribution in [3.8, 4) is 0 Å². The van der Waals surface area contributed by atoms with Crippen LogP contribution >= 0.6 is 27.5 Å². The van der Waals surface area contributed by atoms with E-state index in [0.29, 0.717) is 0 Å². The van der Waals surface area contributed by atoms with Gasteiger partial charge in [-0.25, -0.2) is 12.8 Å². The fourth-order valence-corrected chi connectivity index (χ4v) is 3.03. The monoisotopic (exact) mass is 368 g/mol. The number of halogens is 3. The van der Waals surface area contributed by atoms with Crippen molar-refractivity contribution in [3.63, 3.8) is 0 Å². The summed E-state index contributed by atoms with van der Waals surface area (Å²) in [5, 5.41) is 5.98. The van der Waals surface area contributed by atoms with Gasteiger partial charge in [0, 0.05) is 6.20 Å². The van der Waals surface area contributed by atoms with Crippen LogP contribution in [0.5, 0.6) is 0 Å². The molecular weight excluding hydrogens is 363 g/mol. The maximum atomic E-state index is 13.9. The lowest BCUT2D eigenvalue weighted by molar-refractivity contribution is 0.572. The second-order valence-electron chi connectivity index (χ2n) is 3.49. The highest BCUT2D eigenvalue weighted by Gasteiger charge is 2.24. The number of benzene rings is 1. The lowest BCUT2D eigenvalue weighted by atomic mass is 10.3. The second-order valence-corrected chi connectivity index (χ2v) is 6.34. The van der Waals surface area contributed by atoms with Gasteiger partial charge in [0.1, 0.15) is 4.90 Å². The molecule has 0 atom stereocenters. The summed E-state index contributed by atoms with van der Waals surface area (Å²) in [6.07, 6.45) is 2.54. The zero-order valence-corrected chi connectivity index (χ0v) is 12.3. The Morgan fingerprint density at radius 3 is 2.79 bits per heavy atom. The molecule has 0 unspecified atom stereocenters. The van der Waals surface area contributed by atoms with Crippen LogP contribution in [0.1, 0.15) is 0 Å². The first-order chi connectivity index (χ1) is 8.83. The van der Waals surface area contributed by atoms with Crippen LogP contribution in [-0.2, 0) is 10.0 Å². The van der Waals surface area contributed by atoms with E-state index in [1.165, 1.54) is 12.4 Å². The van der Waals surface area contributed by atoms with Crippen LogP contribution in [0.25, 0.3) is 0 Å². The lowest BCUT2D eigenvalue weighted by Gasteiger charge is -2.10. The molecule has 0 saturated carbocycles. The van der Waals surface area contributed by atoms with Gasteiger partial charge in [-0.15, -0.1) is 0 Å². The van der Waals surface area contributed by atoms with Crippen LogP contribution in [0, 0.1) is 5.82 Å². The number of nitrogens with zero attached hydrogens (tertiary/aromatic N) is 1. The van der Waals surface area contributed by atoms with Crippen molar-refractivity contribution in [3.05, 3.63) is 33.8 Å². The van der Waals surface area contributed by atoms with E-state index >= 15 is 0 Å². The third kappa shape index (κ3) is 2.67. The Kier molecular flexibility index (Phi) is 3.70. The number of sulfonamides is 1. The molecule has 0 aliphatic carbocycles. The van der Waals surface area contributed by atoms with E-state index in [2.05, 4.69) is 30.8 Å². The molecule has 0 aliphatic heterocycles. The van der Waals surface area contributed by atoms with Gasteiger partial charge in [0.25, 0.3) is 10.0 Å². The molecule has 10 heteroatoms. The Morgan fingerprint density at radius 1 is 1.53 bits per heavy atom. The number of hydrogen-bond acceptors (Lipinski definition) is 4. The fourth-order valence-electron chi connectivity index (χ4n) is 1.31. The maximum absolute atomic E-state index is 13.9. The average molecular weight is 370 g/mol. The van der Waals surface area contributed by atoms with Gasteiger partial charge in [0.2, 0.25) is 0 Å². The number of anilines is 2. The predicted molar refractivity (Wildman–Crippen MR) is 72.9 cm³/mol. The van der Waals surface area contributed by atoms with Crippen LogP contribution < -0.4 is 10.5 Å². The number of rotatable bonds is 3. The average Bonchev–Trinajstić information content (AvgIpc) is 2.83. The molecule has 19 heavy (non-hydrogen) atoms. The van der Waals surface area contributed by atoms with Crippen molar-refractivity contribution in [1.82, 2.24) is 10.2 Å². The van der Waals surface area contributed by atoms with Gasteiger partial charge in [0.05, 0.1) is 27.1 Å². The molecule has 0 spiro atoms. The molecule has 2 rings (SSSR count). The summed E-state index contributed by atoms with van der Waals surface area (Å²) in [7, 11) is -4.15. The van der Waals surface area contributed by atoms with Crippen LogP contribution in [0.15, 0.2) is 27.8 Å². The van der Waals surface area contributed by atoms with Gasteiger partial charge in [-0.2, -0.15) is 5.10 Å². The highest BCUT2D eigenvalue weighted by Crippen LogP contribution is 2.35. The summed E-state index contributed by atoms with van der Waals surface area (Å²) in [4.78, 5) is -0.639. The van der Waals surface area contributed by atoms with Crippen molar-refractivity contribution in [2.45, 2.75) is 4.90 Å². The zero-order valence-electron chi connectivity index (χ0n) is 9.12. The van der Waals surface area contributed by atoms with Gasteiger partial charge < -0.3 is 5.73 Å². The SMILES string of the molecule is Nc1c(F)c(S(=O)(=O)Nc2cn[nH]c2)cc(Cl)c1Br. The minimum Gasteiger partial charge on any atom is -0.395 e. The molecule has 0 radical (unpaired) electrons. The fraction of sp³-hybridized carbons (Fsp3) is 0. The third-order valence-electron chi connectivity index (χ3n) is 2.20. The predicted octanol–water partition coefficient (Wildman–Crippen LogP) is 2.35. The quantitative estimate of drug-likeness (QED) is 0.571. The molecule has 6 nitrogen and oxygen atoms in total. The van der Waals surface area contributed by atoms with Crippen molar-refractivity contribution in [1.29, 1.82) is 0 Å². The van der Waals surface area contributed by atoms with Crippen LogP contribution in [-0.4, -0.2) is 18.6 Å². The number of hydrogen-bond donors (Lipinski definition) is 3. The lowest BCUT2D eigenvalue weighted by Crippen LogP contribution is -2.15. The van der Waals surface area contributed by atoms with E-state index in [9.17, 15) is 12.8 Å². The van der Waals surface area contributed by atoms with E-state index in [-0.39, 0.29) is 20.9 Å². The normalized spacial score (nSPS) is 11.5. The number of nitrogens with one attached hydrogen (secondary N) is 2. The van der Waals surface area contributed by atoms with Crippen molar-refractivity contribution in [2.24, 2.45) is 0 Å². The highest BCUT2D eigenvalue weighted by atomic mass is 79.9. The number of aromatic nitrogens is 2. The number of nitrogen functional groups attached to an aromatic ring is 1. The van der Waals surface area contributed by atoms with Crippen LogP contribution in [0.4, 0.5) is 15.8 Å². The number of aromatic amines is 1. The van der Waals surface area contributed by atoms with Gasteiger partial charge >= 0.3 is 0 Å². The Balaban J connectivity index is 2.52. The third-order valence-corrected chi connectivity index (χ3v) is 4.96. The van der Waals surface area contributed by atoms with Gasteiger partial charge in [-0.05, 0) is 22.0 Å². The van der Waals surface area contributed by atoms with Crippen molar-refractivity contribution >= 4 is 48.9 Å². The molecule has 1 aromatic carbocycles. The molecule has 1 aromatic heterocycles. The van der Waals surface area contributed by atoms with E-state index in [4.69, 9.17) is 17.3 Å². The Bertz CT molecular complexity index is 720. The molecule has 0 aliphatic rings. The summed E-state index contributed by atoms with van der Waals surface area (Å²) < 4.78 is 40.2.